The highest BCUT2D eigenvalue weighted by atomic mass is 32.1. The highest BCUT2D eigenvalue weighted by Crippen LogP contribution is 2.27. The topological polar surface area (TPSA) is 22.1 Å². The van der Waals surface area contributed by atoms with Crippen LogP contribution in [0.15, 0.2) is 18.2 Å². The maximum atomic E-state index is 12.7. The average molecular weight is 183 g/mol. The zero-order valence-corrected chi connectivity index (χ0v) is 7.19. The van der Waals surface area contributed by atoms with Gasteiger partial charge in [-0.1, -0.05) is 11.3 Å². The van der Waals surface area contributed by atoms with Crippen molar-refractivity contribution in [1.29, 1.82) is 0 Å². The van der Waals surface area contributed by atoms with E-state index in [1.54, 1.807) is 13.2 Å². The molecule has 62 valence electrons. The van der Waals surface area contributed by atoms with Crippen LogP contribution in [0.3, 0.4) is 0 Å². The SMILES string of the molecule is COc1nc2cc(F)ccc2s1. The quantitative estimate of drug-likeness (QED) is 0.677. The van der Waals surface area contributed by atoms with Gasteiger partial charge in [-0.15, -0.1) is 0 Å². The minimum absolute atomic E-state index is 0.268. The summed E-state index contributed by atoms with van der Waals surface area (Å²) in [6.07, 6.45) is 0. The summed E-state index contributed by atoms with van der Waals surface area (Å²) in [6.45, 7) is 0. The lowest BCUT2D eigenvalue weighted by Gasteiger charge is -1.85. The van der Waals surface area contributed by atoms with Crippen LogP contribution < -0.4 is 4.74 Å². The smallest absolute Gasteiger partial charge is 0.274 e. The summed E-state index contributed by atoms with van der Waals surface area (Å²) in [4.78, 5) is 4.05. The van der Waals surface area contributed by atoms with Crippen molar-refractivity contribution < 1.29 is 9.13 Å². The summed E-state index contributed by atoms with van der Waals surface area (Å²) in [6, 6.07) is 4.51. The molecule has 0 unspecified atom stereocenters. The maximum absolute atomic E-state index is 12.7. The highest BCUT2D eigenvalue weighted by Gasteiger charge is 2.03. The average Bonchev–Trinajstić information content (AvgIpc) is 2.46. The van der Waals surface area contributed by atoms with E-state index < -0.39 is 0 Å². The van der Waals surface area contributed by atoms with Crippen molar-refractivity contribution in [3.63, 3.8) is 0 Å². The molecule has 0 N–H and O–H groups in total. The monoisotopic (exact) mass is 183 g/mol. The second-order valence-corrected chi connectivity index (χ2v) is 3.29. The van der Waals surface area contributed by atoms with E-state index in [-0.39, 0.29) is 5.82 Å². The van der Waals surface area contributed by atoms with Crippen LogP contribution in [0, 0.1) is 5.82 Å². The van der Waals surface area contributed by atoms with Gasteiger partial charge in [0.1, 0.15) is 5.82 Å². The molecule has 2 aromatic rings. The molecule has 2 rings (SSSR count). The number of rotatable bonds is 1. The van der Waals surface area contributed by atoms with Crippen LogP contribution in [0.4, 0.5) is 4.39 Å². The van der Waals surface area contributed by atoms with Crippen molar-refractivity contribution in [3.8, 4) is 5.19 Å². The number of ether oxygens (including phenoxy) is 1. The Bertz CT molecular complexity index is 412. The van der Waals surface area contributed by atoms with E-state index in [4.69, 9.17) is 4.74 Å². The first-order valence-corrected chi connectivity index (χ1v) is 4.21. The summed E-state index contributed by atoms with van der Waals surface area (Å²) in [5.41, 5.74) is 0.650. The number of hydrogen-bond acceptors (Lipinski definition) is 3. The molecule has 0 aliphatic rings. The second kappa shape index (κ2) is 2.71. The first kappa shape index (κ1) is 7.49. The molecule has 0 spiro atoms. The van der Waals surface area contributed by atoms with Crippen molar-refractivity contribution in [2.45, 2.75) is 0 Å². The van der Waals surface area contributed by atoms with Crippen LogP contribution in [0.1, 0.15) is 0 Å². The van der Waals surface area contributed by atoms with Crippen LogP contribution in [0.5, 0.6) is 5.19 Å². The van der Waals surface area contributed by atoms with Crippen LogP contribution in [-0.4, -0.2) is 12.1 Å². The highest BCUT2D eigenvalue weighted by molar-refractivity contribution is 7.20. The number of hydrogen-bond donors (Lipinski definition) is 0. The zero-order chi connectivity index (χ0) is 8.55. The van der Waals surface area contributed by atoms with Gasteiger partial charge in [0.25, 0.3) is 5.19 Å². The molecule has 1 heterocycles. The standard InChI is InChI=1S/C8H6FNOS/c1-11-8-10-6-4-5(9)2-3-7(6)12-8/h2-4H,1H3. The van der Waals surface area contributed by atoms with E-state index in [0.29, 0.717) is 10.7 Å². The molecule has 12 heavy (non-hydrogen) atoms. The lowest BCUT2D eigenvalue weighted by Crippen LogP contribution is -1.78. The van der Waals surface area contributed by atoms with Gasteiger partial charge in [0.15, 0.2) is 0 Å². The molecule has 0 aliphatic heterocycles. The molecule has 4 heteroatoms. The van der Waals surface area contributed by atoms with Gasteiger partial charge in [-0.25, -0.2) is 9.37 Å². The van der Waals surface area contributed by atoms with Crippen LogP contribution >= 0.6 is 11.3 Å². The molecule has 0 saturated heterocycles. The molecule has 0 amide bonds. The minimum Gasteiger partial charge on any atom is -0.473 e. The van der Waals surface area contributed by atoms with E-state index in [2.05, 4.69) is 4.98 Å². The Labute approximate surface area is 72.6 Å². The van der Waals surface area contributed by atoms with Crippen molar-refractivity contribution in [2.24, 2.45) is 0 Å². The van der Waals surface area contributed by atoms with Gasteiger partial charge in [0.05, 0.1) is 17.3 Å². The van der Waals surface area contributed by atoms with E-state index in [1.807, 2.05) is 0 Å². The maximum Gasteiger partial charge on any atom is 0.274 e. The van der Waals surface area contributed by atoms with Crippen molar-refractivity contribution in [2.75, 3.05) is 7.11 Å². The van der Waals surface area contributed by atoms with Crippen LogP contribution in [0.2, 0.25) is 0 Å². The predicted molar refractivity (Wildman–Crippen MR) is 46.1 cm³/mol. The molecule has 2 nitrogen and oxygen atoms in total. The third-order valence-electron chi connectivity index (χ3n) is 1.50. The number of aromatic nitrogens is 1. The van der Waals surface area contributed by atoms with E-state index in [0.717, 1.165) is 4.70 Å². The molecule has 0 saturated carbocycles. The van der Waals surface area contributed by atoms with Gasteiger partial charge in [-0.2, -0.15) is 0 Å². The Morgan fingerprint density at radius 2 is 2.33 bits per heavy atom. The van der Waals surface area contributed by atoms with Crippen LogP contribution in [0.25, 0.3) is 10.2 Å². The molecule has 1 aromatic carbocycles. The number of methoxy groups -OCH3 is 1. The Hall–Kier alpha value is -1.16. The van der Waals surface area contributed by atoms with Gasteiger partial charge in [0.2, 0.25) is 0 Å². The largest absolute Gasteiger partial charge is 0.473 e. The van der Waals surface area contributed by atoms with Gasteiger partial charge in [0, 0.05) is 6.07 Å². The summed E-state index contributed by atoms with van der Waals surface area (Å²) in [7, 11) is 1.55. The predicted octanol–water partition coefficient (Wildman–Crippen LogP) is 2.44. The van der Waals surface area contributed by atoms with E-state index in [1.165, 1.54) is 23.5 Å². The summed E-state index contributed by atoms with van der Waals surface area (Å²) >= 11 is 1.41. The van der Waals surface area contributed by atoms with Gasteiger partial charge < -0.3 is 4.74 Å². The minimum atomic E-state index is -0.268. The Kier molecular flexibility index (Phi) is 1.69. The second-order valence-electron chi connectivity index (χ2n) is 2.30. The van der Waals surface area contributed by atoms with Crippen LogP contribution in [-0.2, 0) is 0 Å². The lowest BCUT2D eigenvalue weighted by atomic mass is 10.3. The van der Waals surface area contributed by atoms with E-state index in [9.17, 15) is 4.39 Å². The van der Waals surface area contributed by atoms with Gasteiger partial charge in [-0.05, 0) is 12.1 Å². The zero-order valence-electron chi connectivity index (χ0n) is 6.37. The first-order valence-electron chi connectivity index (χ1n) is 3.39. The summed E-state index contributed by atoms with van der Waals surface area (Å²) in [5.74, 6) is -0.268. The fourth-order valence-corrected chi connectivity index (χ4v) is 1.73. The molecule has 0 radical (unpaired) electrons. The number of fused-ring (bicyclic) bond motifs is 1. The molecule has 0 aliphatic carbocycles. The summed E-state index contributed by atoms with van der Waals surface area (Å²) in [5, 5.41) is 0.565. The Morgan fingerprint density at radius 3 is 3.08 bits per heavy atom. The fraction of sp³-hybridized carbons (Fsp3) is 0.125. The Morgan fingerprint density at radius 1 is 1.50 bits per heavy atom. The normalized spacial score (nSPS) is 10.5. The molecule has 0 bridgehead atoms. The Balaban J connectivity index is 2.67. The molecule has 1 aromatic heterocycles. The molecule has 0 atom stereocenters. The van der Waals surface area contributed by atoms with Crippen molar-refractivity contribution >= 4 is 21.6 Å². The third-order valence-corrected chi connectivity index (χ3v) is 2.50. The number of thiazole rings is 1. The molecular weight excluding hydrogens is 177 g/mol. The van der Waals surface area contributed by atoms with Crippen molar-refractivity contribution in [3.05, 3.63) is 24.0 Å². The first-order chi connectivity index (χ1) is 5.79. The lowest BCUT2D eigenvalue weighted by molar-refractivity contribution is 0.413. The molecule has 0 fully saturated rings. The fourth-order valence-electron chi connectivity index (χ4n) is 0.967. The molecular formula is C8H6FNOS. The third kappa shape index (κ3) is 1.14. The van der Waals surface area contributed by atoms with E-state index >= 15 is 0 Å². The van der Waals surface area contributed by atoms with Gasteiger partial charge in [-0.3, -0.25) is 0 Å². The number of nitrogens with zero attached hydrogens (tertiary/aromatic N) is 1. The summed E-state index contributed by atoms with van der Waals surface area (Å²) < 4.78 is 18.5. The van der Waals surface area contributed by atoms with Gasteiger partial charge >= 0.3 is 0 Å². The van der Waals surface area contributed by atoms with Crippen molar-refractivity contribution in [1.82, 2.24) is 4.98 Å². The number of halogens is 1. The number of benzene rings is 1.